The maximum Gasteiger partial charge on any atom is 0.150 e. The van der Waals surface area contributed by atoms with E-state index in [0.717, 1.165) is 31.1 Å². The summed E-state index contributed by atoms with van der Waals surface area (Å²) in [6.45, 7) is 5.39. The summed E-state index contributed by atoms with van der Waals surface area (Å²) >= 11 is 0. The number of likely N-dealkylation sites (N-methyl/N-ethyl adjacent to an activating group) is 1. The van der Waals surface area contributed by atoms with Crippen LogP contribution >= 0.6 is 12.4 Å². The third kappa shape index (κ3) is 2.79. The zero-order valence-electron chi connectivity index (χ0n) is 13.7. The van der Waals surface area contributed by atoms with Gasteiger partial charge in [0.1, 0.15) is 5.75 Å². The fourth-order valence-corrected chi connectivity index (χ4v) is 3.67. The number of hydrogen-bond donors (Lipinski definition) is 0. The van der Waals surface area contributed by atoms with Crippen molar-refractivity contribution >= 4 is 18.1 Å². The maximum atomic E-state index is 6.34. The average Bonchev–Trinajstić information content (AvgIpc) is 2.78. The lowest BCUT2D eigenvalue weighted by atomic mass is 10.0. The molecule has 0 saturated carbocycles. The second-order valence-electron chi connectivity index (χ2n) is 6.39. The SMILES string of the molecule is Cc1cccc2c1Oc1ccccc1N1CCCN(C)CC21.Cl. The molecule has 4 heteroatoms. The Morgan fingerprint density at radius 1 is 1.04 bits per heavy atom. The van der Waals surface area contributed by atoms with Gasteiger partial charge in [0.05, 0.1) is 11.7 Å². The van der Waals surface area contributed by atoms with Crippen LogP contribution in [-0.4, -0.2) is 31.6 Å². The number of nitrogens with zero attached hydrogens (tertiary/aromatic N) is 2. The van der Waals surface area contributed by atoms with Crippen LogP contribution in [0.1, 0.15) is 23.6 Å². The summed E-state index contributed by atoms with van der Waals surface area (Å²) in [6, 6.07) is 15.3. The Labute approximate surface area is 144 Å². The van der Waals surface area contributed by atoms with Crippen LogP contribution in [0.15, 0.2) is 42.5 Å². The molecule has 0 spiro atoms. The highest BCUT2D eigenvalue weighted by atomic mass is 35.5. The van der Waals surface area contributed by atoms with Crippen molar-refractivity contribution in [3.05, 3.63) is 53.6 Å². The van der Waals surface area contributed by atoms with Crippen molar-refractivity contribution in [3.8, 4) is 11.5 Å². The number of anilines is 1. The zero-order chi connectivity index (χ0) is 15.1. The first kappa shape index (κ1) is 16.2. The van der Waals surface area contributed by atoms with Crippen molar-refractivity contribution in [2.75, 3.05) is 31.6 Å². The van der Waals surface area contributed by atoms with E-state index in [4.69, 9.17) is 4.74 Å². The molecule has 0 bridgehead atoms. The summed E-state index contributed by atoms with van der Waals surface area (Å²) in [7, 11) is 2.22. The Hall–Kier alpha value is -1.71. The number of para-hydroxylation sites is 3. The standard InChI is InChI=1S/C19H22N2O.ClH/c1-14-7-5-8-15-17-13-20(2)11-6-12-21(17)16-9-3-4-10-18(16)22-19(14)15;/h3-5,7-10,17H,6,11-13H2,1-2H3;1H. The van der Waals surface area contributed by atoms with E-state index in [1.165, 1.54) is 23.2 Å². The number of fused-ring (bicyclic) bond motifs is 5. The van der Waals surface area contributed by atoms with E-state index in [1.807, 2.05) is 0 Å². The second kappa shape index (κ2) is 6.42. The van der Waals surface area contributed by atoms with E-state index in [9.17, 15) is 0 Å². The number of ether oxygens (including phenoxy) is 1. The molecule has 0 radical (unpaired) electrons. The molecule has 0 aliphatic carbocycles. The Balaban J connectivity index is 0.00000156. The summed E-state index contributed by atoms with van der Waals surface area (Å²) in [4.78, 5) is 4.97. The van der Waals surface area contributed by atoms with Gasteiger partial charge in [0, 0.05) is 18.7 Å². The van der Waals surface area contributed by atoms with Crippen molar-refractivity contribution in [1.82, 2.24) is 4.90 Å². The Bertz CT molecular complexity index is 704. The largest absolute Gasteiger partial charge is 0.455 e. The van der Waals surface area contributed by atoms with Crippen LogP contribution in [0.3, 0.4) is 0 Å². The molecule has 0 aromatic heterocycles. The molecule has 2 aromatic rings. The minimum Gasteiger partial charge on any atom is -0.455 e. The number of halogens is 1. The zero-order valence-corrected chi connectivity index (χ0v) is 14.5. The van der Waals surface area contributed by atoms with E-state index in [-0.39, 0.29) is 12.4 Å². The van der Waals surface area contributed by atoms with E-state index in [2.05, 4.69) is 66.2 Å². The van der Waals surface area contributed by atoms with Crippen molar-refractivity contribution < 1.29 is 4.74 Å². The predicted octanol–water partition coefficient (Wildman–Crippen LogP) is 4.41. The van der Waals surface area contributed by atoms with E-state index in [1.54, 1.807) is 0 Å². The van der Waals surface area contributed by atoms with Crippen molar-refractivity contribution in [1.29, 1.82) is 0 Å². The summed E-state index contributed by atoms with van der Waals surface area (Å²) in [6.07, 6.45) is 1.18. The van der Waals surface area contributed by atoms with Gasteiger partial charge in [-0.2, -0.15) is 0 Å². The van der Waals surface area contributed by atoms with Gasteiger partial charge in [0.15, 0.2) is 5.75 Å². The van der Waals surface area contributed by atoms with E-state index < -0.39 is 0 Å². The fourth-order valence-electron chi connectivity index (χ4n) is 3.67. The van der Waals surface area contributed by atoms with E-state index in [0.29, 0.717) is 6.04 Å². The topological polar surface area (TPSA) is 15.7 Å². The Morgan fingerprint density at radius 3 is 2.74 bits per heavy atom. The monoisotopic (exact) mass is 330 g/mol. The highest BCUT2D eigenvalue weighted by molar-refractivity contribution is 5.85. The van der Waals surface area contributed by atoms with Crippen molar-refractivity contribution in [2.45, 2.75) is 19.4 Å². The van der Waals surface area contributed by atoms with Gasteiger partial charge in [-0.25, -0.2) is 0 Å². The second-order valence-corrected chi connectivity index (χ2v) is 6.39. The fraction of sp³-hybridized carbons (Fsp3) is 0.368. The Morgan fingerprint density at radius 2 is 1.87 bits per heavy atom. The van der Waals surface area contributed by atoms with Crippen LogP contribution in [0, 0.1) is 6.92 Å². The van der Waals surface area contributed by atoms with Crippen LogP contribution in [0.2, 0.25) is 0 Å². The molecule has 3 nitrogen and oxygen atoms in total. The predicted molar refractivity (Wildman–Crippen MR) is 97.1 cm³/mol. The molecule has 0 N–H and O–H groups in total. The molecule has 2 aliphatic rings. The summed E-state index contributed by atoms with van der Waals surface area (Å²) in [5, 5.41) is 0. The van der Waals surface area contributed by atoms with Crippen LogP contribution in [0.4, 0.5) is 5.69 Å². The van der Waals surface area contributed by atoms with Crippen LogP contribution in [-0.2, 0) is 0 Å². The van der Waals surface area contributed by atoms with Gasteiger partial charge in [-0.15, -0.1) is 12.4 Å². The molecule has 2 heterocycles. The molecule has 23 heavy (non-hydrogen) atoms. The van der Waals surface area contributed by atoms with Gasteiger partial charge in [-0.1, -0.05) is 30.3 Å². The molecule has 2 aromatic carbocycles. The molecule has 1 unspecified atom stereocenters. The van der Waals surface area contributed by atoms with Crippen LogP contribution in [0.5, 0.6) is 11.5 Å². The summed E-state index contributed by atoms with van der Waals surface area (Å²) in [5.41, 5.74) is 3.74. The van der Waals surface area contributed by atoms with Gasteiger partial charge in [0.2, 0.25) is 0 Å². The highest BCUT2D eigenvalue weighted by Crippen LogP contribution is 2.45. The first-order valence-electron chi connectivity index (χ1n) is 8.05. The van der Waals surface area contributed by atoms with Crippen LogP contribution < -0.4 is 9.64 Å². The average molecular weight is 331 g/mol. The minimum atomic E-state index is 0. The van der Waals surface area contributed by atoms with Gasteiger partial charge < -0.3 is 14.5 Å². The van der Waals surface area contributed by atoms with Crippen LogP contribution in [0.25, 0.3) is 0 Å². The molecule has 4 rings (SSSR count). The molecule has 1 fully saturated rings. The molecule has 1 atom stereocenters. The number of benzene rings is 2. The smallest absolute Gasteiger partial charge is 0.150 e. The van der Waals surface area contributed by atoms with Gasteiger partial charge >= 0.3 is 0 Å². The summed E-state index contributed by atoms with van der Waals surface area (Å²) in [5.74, 6) is 2.02. The molecule has 1 saturated heterocycles. The van der Waals surface area contributed by atoms with Gasteiger partial charge in [0.25, 0.3) is 0 Å². The number of rotatable bonds is 0. The van der Waals surface area contributed by atoms with Crippen molar-refractivity contribution in [2.24, 2.45) is 0 Å². The Kier molecular flexibility index (Phi) is 4.51. The quantitative estimate of drug-likeness (QED) is 0.711. The lowest BCUT2D eigenvalue weighted by Crippen LogP contribution is -2.32. The molecular weight excluding hydrogens is 308 g/mol. The van der Waals surface area contributed by atoms with Crippen molar-refractivity contribution in [3.63, 3.8) is 0 Å². The minimum absolute atomic E-state index is 0. The molecule has 0 amide bonds. The molecular formula is C19H23ClN2O. The van der Waals surface area contributed by atoms with Gasteiger partial charge in [-0.05, 0) is 44.6 Å². The lowest BCUT2D eigenvalue weighted by molar-refractivity contribution is 0.332. The third-order valence-electron chi connectivity index (χ3n) is 4.79. The third-order valence-corrected chi connectivity index (χ3v) is 4.79. The normalized spacial score (nSPS) is 20.1. The lowest BCUT2D eigenvalue weighted by Gasteiger charge is -2.32. The highest BCUT2D eigenvalue weighted by Gasteiger charge is 2.32. The van der Waals surface area contributed by atoms with E-state index >= 15 is 0 Å². The summed E-state index contributed by atoms with van der Waals surface area (Å²) < 4.78 is 6.34. The maximum absolute atomic E-state index is 6.34. The number of hydrogen-bond acceptors (Lipinski definition) is 3. The number of aryl methyl sites for hydroxylation is 1. The first-order valence-corrected chi connectivity index (χ1v) is 8.05. The molecule has 122 valence electrons. The van der Waals surface area contributed by atoms with Gasteiger partial charge in [-0.3, -0.25) is 0 Å². The first-order chi connectivity index (χ1) is 10.7. The molecule has 2 aliphatic heterocycles.